The van der Waals surface area contributed by atoms with E-state index in [0.29, 0.717) is 18.2 Å². The molecule has 0 bridgehead atoms. The van der Waals surface area contributed by atoms with Crippen molar-refractivity contribution < 1.29 is 0 Å². The lowest BCUT2D eigenvalue weighted by Crippen LogP contribution is -2.16. The normalized spacial score (nSPS) is 10.8. The number of hydrogen-bond donors (Lipinski definition) is 1. The Labute approximate surface area is 122 Å². The summed E-state index contributed by atoms with van der Waals surface area (Å²) in [5, 5.41) is 1.12. The minimum atomic E-state index is 0.226. The van der Waals surface area contributed by atoms with Crippen molar-refractivity contribution in [2.24, 2.45) is 0 Å². The zero-order valence-corrected chi connectivity index (χ0v) is 12.0. The number of benzene rings is 1. The van der Waals surface area contributed by atoms with Gasteiger partial charge < -0.3 is 10.6 Å². The van der Waals surface area contributed by atoms with E-state index in [4.69, 9.17) is 5.73 Å². The third-order valence-corrected chi connectivity index (χ3v) is 3.08. The van der Waals surface area contributed by atoms with Gasteiger partial charge in [0.2, 0.25) is 11.9 Å². The van der Waals surface area contributed by atoms with E-state index in [1.54, 1.807) is 4.90 Å². The molecule has 3 aromatic rings. The molecule has 3 rings (SSSR count). The molecule has 0 unspecified atom stereocenters. The SMILES string of the molecule is CN(C)c1nc(N)nc(Cc2ccc3ccccc3n2)n1. The largest absolute Gasteiger partial charge is 0.368 e. The molecule has 0 aliphatic heterocycles. The molecule has 0 atom stereocenters. The van der Waals surface area contributed by atoms with Gasteiger partial charge >= 0.3 is 0 Å². The second-order valence-electron chi connectivity index (χ2n) is 4.98. The molecule has 6 nitrogen and oxygen atoms in total. The quantitative estimate of drug-likeness (QED) is 0.786. The maximum atomic E-state index is 5.73. The number of nitrogens with zero attached hydrogens (tertiary/aromatic N) is 5. The van der Waals surface area contributed by atoms with Crippen LogP contribution in [-0.4, -0.2) is 34.0 Å². The van der Waals surface area contributed by atoms with Gasteiger partial charge in [-0.15, -0.1) is 0 Å². The van der Waals surface area contributed by atoms with Crippen molar-refractivity contribution in [3.8, 4) is 0 Å². The molecular formula is C15H16N6. The molecule has 106 valence electrons. The Morgan fingerprint density at radius 1 is 0.952 bits per heavy atom. The minimum absolute atomic E-state index is 0.226. The lowest BCUT2D eigenvalue weighted by molar-refractivity contribution is 0.881. The minimum Gasteiger partial charge on any atom is -0.368 e. The first kappa shape index (κ1) is 13.2. The number of anilines is 2. The molecule has 2 heterocycles. The number of aromatic nitrogens is 4. The average Bonchev–Trinajstić information content (AvgIpc) is 2.46. The van der Waals surface area contributed by atoms with Gasteiger partial charge in [-0.25, -0.2) is 0 Å². The van der Waals surface area contributed by atoms with Crippen LogP contribution in [0.1, 0.15) is 11.5 Å². The van der Waals surface area contributed by atoms with E-state index < -0.39 is 0 Å². The van der Waals surface area contributed by atoms with Crippen molar-refractivity contribution in [1.82, 2.24) is 19.9 Å². The molecule has 1 aromatic carbocycles. The van der Waals surface area contributed by atoms with Crippen LogP contribution in [-0.2, 0) is 6.42 Å². The summed E-state index contributed by atoms with van der Waals surface area (Å²) in [6, 6.07) is 12.0. The Bertz CT molecular complexity index is 784. The molecule has 0 fully saturated rings. The Hall–Kier alpha value is -2.76. The van der Waals surface area contributed by atoms with Crippen LogP contribution < -0.4 is 10.6 Å². The van der Waals surface area contributed by atoms with E-state index in [0.717, 1.165) is 16.6 Å². The summed E-state index contributed by atoms with van der Waals surface area (Å²) >= 11 is 0. The van der Waals surface area contributed by atoms with Gasteiger partial charge in [-0.3, -0.25) is 4.98 Å². The smallest absolute Gasteiger partial charge is 0.229 e. The highest BCUT2D eigenvalue weighted by atomic mass is 15.3. The third kappa shape index (κ3) is 2.89. The van der Waals surface area contributed by atoms with Crippen LogP contribution >= 0.6 is 0 Å². The van der Waals surface area contributed by atoms with Gasteiger partial charge in [-0.2, -0.15) is 15.0 Å². The van der Waals surface area contributed by atoms with E-state index in [1.165, 1.54) is 0 Å². The molecule has 2 aromatic heterocycles. The monoisotopic (exact) mass is 280 g/mol. The van der Waals surface area contributed by atoms with Crippen molar-refractivity contribution >= 4 is 22.8 Å². The van der Waals surface area contributed by atoms with Crippen molar-refractivity contribution in [2.45, 2.75) is 6.42 Å². The number of para-hydroxylation sites is 1. The zero-order chi connectivity index (χ0) is 14.8. The summed E-state index contributed by atoms with van der Waals surface area (Å²) in [7, 11) is 3.74. The van der Waals surface area contributed by atoms with E-state index in [9.17, 15) is 0 Å². The molecular weight excluding hydrogens is 264 g/mol. The third-order valence-electron chi connectivity index (χ3n) is 3.08. The summed E-state index contributed by atoms with van der Waals surface area (Å²) in [5.41, 5.74) is 7.60. The number of hydrogen-bond acceptors (Lipinski definition) is 6. The molecule has 0 radical (unpaired) electrons. The van der Waals surface area contributed by atoms with Crippen molar-refractivity contribution in [3.05, 3.63) is 47.9 Å². The van der Waals surface area contributed by atoms with E-state index in [1.807, 2.05) is 44.4 Å². The molecule has 21 heavy (non-hydrogen) atoms. The molecule has 0 amide bonds. The fraction of sp³-hybridized carbons (Fsp3) is 0.200. The Morgan fingerprint density at radius 3 is 2.57 bits per heavy atom. The molecule has 6 heteroatoms. The fourth-order valence-corrected chi connectivity index (χ4v) is 2.07. The van der Waals surface area contributed by atoms with Crippen LogP contribution in [0.25, 0.3) is 10.9 Å². The first-order valence-corrected chi connectivity index (χ1v) is 6.64. The summed E-state index contributed by atoms with van der Waals surface area (Å²) in [4.78, 5) is 19.1. The zero-order valence-electron chi connectivity index (χ0n) is 12.0. The standard InChI is InChI=1S/C15H16N6/c1-21(2)15-19-13(18-14(16)20-15)9-11-8-7-10-5-3-4-6-12(10)17-11/h3-8H,9H2,1-2H3,(H2,16,18,19,20). The number of nitrogens with two attached hydrogens (primary N) is 1. The second kappa shape index (κ2) is 5.32. The predicted octanol–water partition coefficient (Wildman–Crippen LogP) is 1.66. The number of nitrogen functional groups attached to an aromatic ring is 1. The summed E-state index contributed by atoms with van der Waals surface area (Å²) in [5.74, 6) is 1.40. The van der Waals surface area contributed by atoms with Crippen LogP contribution in [0.2, 0.25) is 0 Å². The number of pyridine rings is 1. The van der Waals surface area contributed by atoms with Gasteiger partial charge in [0.1, 0.15) is 5.82 Å². The molecule has 0 aliphatic carbocycles. The lowest BCUT2D eigenvalue weighted by Gasteiger charge is -2.11. The van der Waals surface area contributed by atoms with E-state index in [2.05, 4.69) is 26.0 Å². The van der Waals surface area contributed by atoms with E-state index >= 15 is 0 Å². The Balaban J connectivity index is 1.94. The number of rotatable bonds is 3. The van der Waals surface area contributed by atoms with Crippen molar-refractivity contribution in [1.29, 1.82) is 0 Å². The fourth-order valence-electron chi connectivity index (χ4n) is 2.07. The van der Waals surface area contributed by atoms with Gasteiger partial charge in [0.05, 0.1) is 11.9 Å². The van der Waals surface area contributed by atoms with E-state index in [-0.39, 0.29) is 5.95 Å². The highest BCUT2D eigenvalue weighted by Gasteiger charge is 2.08. The first-order valence-electron chi connectivity index (χ1n) is 6.64. The molecule has 0 saturated heterocycles. The van der Waals surface area contributed by atoms with Crippen LogP contribution in [0.4, 0.5) is 11.9 Å². The second-order valence-corrected chi connectivity index (χ2v) is 4.98. The Kier molecular flexibility index (Phi) is 3.35. The highest BCUT2D eigenvalue weighted by Crippen LogP contribution is 2.14. The summed E-state index contributed by atoms with van der Waals surface area (Å²) in [6.45, 7) is 0. The highest BCUT2D eigenvalue weighted by molar-refractivity contribution is 5.78. The molecule has 0 aliphatic rings. The maximum Gasteiger partial charge on any atom is 0.229 e. The average molecular weight is 280 g/mol. The van der Waals surface area contributed by atoms with Gasteiger partial charge in [-0.05, 0) is 12.1 Å². The van der Waals surface area contributed by atoms with Gasteiger partial charge in [0.15, 0.2) is 0 Å². The van der Waals surface area contributed by atoms with Gasteiger partial charge in [0.25, 0.3) is 0 Å². The van der Waals surface area contributed by atoms with Gasteiger partial charge in [0, 0.05) is 25.2 Å². The summed E-state index contributed by atoms with van der Waals surface area (Å²) in [6.07, 6.45) is 0.526. The predicted molar refractivity (Wildman–Crippen MR) is 83.1 cm³/mol. The van der Waals surface area contributed by atoms with Crippen molar-refractivity contribution in [3.63, 3.8) is 0 Å². The number of fused-ring (bicyclic) bond motifs is 1. The first-order chi connectivity index (χ1) is 10.1. The topological polar surface area (TPSA) is 80.8 Å². The lowest BCUT2D eigenvalue weighted by atomic mass is 10.2. The van der Waals surface area contributed by atoms with Crippen LogP contribution in [0.5, 0.6) is 0 Å². The molecule has 0 spiro atoms. The molecule has 2 N–H and O–H groups in total. The van der Waals surface area contributed by atoms with Crippen LogP contribution in [0.15, 0.2) is 36.4 Å². The van der Waals surface area contributed by atoms with Crippen LogP contribution in [0, 0.1) is 0 Å². The Morgan fingerprint density at radius 2 is 1.76 bits per heavy atom. The van der Waals surface area contributed by atoms with Crippen LogP contribution in [0.3, 0.4) is 0 Å². The summed E-state index contributed by atoms with van der Waals surface area (Å²) < 4.78 is 0. The van der Waals surface area contributed by atoms with Crippen molar-refractivity contribution in [2.75, 3.05) is 24.7 Å². The maximum absolute atomic E-state index is 5.73. The molecule has 0 saturated carbocycles. The van der Waals surface area contributed by atoms with Gasteiger partial charge in [-0.1, -0.05) is 24.3 Å².